The molecule has 0 fully saturated rings. The molecule has 0 aliphatic rings. The average molecular weight is 628 g/mol. The van der Waals surface area contributed by atoms with E-state index in [9.17, 15) is 22.4 Å². The number of carbonyl (C=O) groups excluding carboxylic acids is 2. The molecule has 11 heteroatoms. The molecule has 2 amide bonds. The van der Waals surface area contributed by atoms with E-state index in [1.807, 2.05) is 33.8 Å². The van der Waals surface area contributed by atoms with Crippen LogP contribution in [0.2, 0.25) is 0 Å². The zero-order valence-corrected chi connectivity index (χ0v) is 27.2. The fraction of sp³-hybridized carbons (Fsp3) is 0.394. The highest BCUT2D eigenvalue weighted by molar-refractivity contribution is 7.92. The quantitative estimate of drug-likeness (QED) is 0.258. The summed E-state index contributed by atoms with van der Waals surface area (Å²) in [6.45, 7) is 8.66. The van der Waals surface area contributed by atoms with E-state index in [4.69, 9.17) is 9.47 Å². The SMILES string of the molecule is CC[C@H](C(=O)N[C@@H](C)CC)N(Cc1ccc(F)cc1)C(=O)CN(c1cc(C)cc(C)c1)S(=O)(=O)c1ccc(OC)c(OC)c1. The van der Waals surface area contributed by atoms with Gasteiger partial charge in [-0.3, -0.25) is 13.9 Å². The number of sulfonamides is 1. The normalized spacial score (nSPS) is 12.6. The number of benzene rings is 3. The largest absolute Gasteiger partial charge is 0.493 e. The maximum absolute atomic E-state index is 14.3. The molecule has 0 spiro atoms. The molecule has 0 aromatic heterocycles. The average Bonchev–Trinajstić information content (AvgIpc) is 2.99. The summed E-state index contributed by atoms with van der Waals surface area (Å²) < 4.78 is 53.9. The van der Waals surface area contributed by atoms with Gasteiger partial charge >= 0.3 is 0 Å². The predicted molar refractivity (Wildman–Crippen MR) is 169 cm³/mol. The highest BCUT2D eigenvalue weighted by Gasteiger charge is 2.34. The molecule has 0 saturated carbocycles. The van der Waals surface area contributed by atoms with Gasteiger partial charge in [0.15, 0.2) is 11.5 Å². The van der Waals surface area contributed by atoms with Crippen LogP contribution in [0.25, 0.3) is 0 Å². The molecule has 0 saturated heterocycles. The van der Waals surface area contributed by atoms with Gasteiger partial charge in [0.25, 0.3) is 10.0 Å². The Bertz CT molecular complexity index is 1540. The summed E-state index contributed by atoms with van der Waals surface area (Å²) in [6.07, 6.45) is 0.972. The second-order valence-electron chi connectivity index (χ2n) is 10.8. The Morgan fingerprint density at radius 3 is 2.05 bits per heavy atom. The first-order chi connectivity index (χ1) is 20.8. The van der Waals surface area contributed by atoms with E-state index in [1.165, 1.54) is 61.6 Å². The Kier molecular flexibility index (Phi) is 11.8. The van der Waals surface area contributed by atoms with Gasteiger partial charge in [0, 0.05) is 18.7 Å². The third-order valence-electron chi connectivity index (χ3n) is 7.37. The van der Waals surface area contributed by atoms with Crippen molar-refractivity contribution < 1.29 is 31.9 Å². The van der Waals surface area contributed by atoms with Gasteiger partial charge in [-0.15, -0.1) is 0 Å². The van der Waals surface area contributed by atoms with E-state index in [0.29, 0.717) is 23.4 Å². The van der Waals surface area contributed by atoms with Crippen LogP contribution in [0.1, 0.15) is 50.3 Å². The molecule has 44 heavy (non-hydrogen) atoms. The molecular formula is C33H42FN3O6S. The van der Waals surface area contributed by atoms with Crippen molar-refractivity contribution in [3.8, 4) is 11.5 Å². The Morgan fingerprint density at radius 1 is 0.886 bits per heavy atom. The maximum Gasteiger partial charge on any atom is 0.264 e. The van der Waals surface area contributed by atoms with Crippen molar-refractivity contribution in [2.75, 3.05) is 25.1 Å². The lowest BCUT2D eigenvalue weighted by Gasteiger charge is -2.34. The van der Waals surface area contributed by atoms with Gasteiger partial charge in [-0.2, -0.15) is 0 Å². The Morgan fingerprint density at radius 2 is 1.50 bits per heavy atom. The van der Waals surface area contributed by atoms with Crippen LogP contribution in [-0.2, 0) is 26.2 Å². The zero-order chi connectivity index (χ0) is 32.6. The number of nitrogens with zero attached hydrogens (tertiary/aromatic N) is 2. The summed E-state index contributed by atoms with van der Waals surface area (Å²) in [7, 11) is -1.47. The number of methoxy groups -OCH3 is 2. The maximum atomic E-state index is 14.3. The molecule has 3 aromatic rings. The topological polar surface area (TPSA) is 105 Å². The summed E-state index contributed by atoms with van der Waals surface area (Å²) in [5.41, 5.74) is 2.50. The minimum absolute atomic E-state index is 0.0252. The molecule has 2 atom stereocenters. The fourth-order valence-corrected chi connectivity index (χ4v) is 6.29. The third-order valence-corrected chi connectivity index (χ3v) is 9.14. The van der Waals surface area contributed by atoms with Gasteiger partial charge in [-0.1, -0.05) is 32.0 Å². The molecule has 0 aliphatic heterocycles. The molecule has 238 valence electrons. The molecule has 3 rings (SSSR count). The van der Waals surface area contributed by atoms with Crippen molar-refractivity contribution in [3.05, 3.63) is 83.2 Å². The molecule has 9 nitrogen and oxygen atoms in total. The van der Waals surface area contributed by atoms with Gasteiger partial charge in [0.1, 0.15) is 18.4 Å². The van der Waals surface area contributed by atoms with Crippen molar-refractivity contribution in [1.82, 2.24) is 10.2 Å². The van der Waals surface area contributed by atoms with Crippen molar-refractivity contribution in [3.63, 3.8) is 0 Å². The van der Waals surface area contributed by atoms with Crippen LogP contribution in [-0.4, -0.2) is 58.0 Å². The number of anilines is 1. The van der Waals surface area contributed by atoms with E-state index in [-0.39, 0.29) is 35.6 Å². The van der Waals surface area contributed by atoms with Crippen molar-refractivity contribution in [1.29, 1.82) is 0 Å². The number of halogens is 1. The first-order valence-electron chi connectivity index (χ1n) is 14.5. The number of amides is 2. The first kappa shape index (κ1) is 34.4. The van der Waals surface area contributed by atoms with Gasteiger partial charge in [0.2, 0.25) is 11.8 Å². The molecular weight excluding hydrogens is 585 g/mol. The number of ether oxygens (including phenoxy) is 2. The summed E-state index contributed by atoms with van der Waals surface area (Å²) in [4.78, 5) is 28.9. The highest BCUT2D eigenvalue weighted by Crippen LogP contribution is 2.33. The summed E-state index contributed by atoms with van der Waals surface area (Å²) in [5, 5.41) is 2.94. The monoisotopic (exact) mass is 627 g/mol. The number of hydrogen-bond donors (Lipinski definition) is 1. The Labute approximate surface area is 260 Å². The van der Waals surface area contributed by atoms with Gasteiger partial charge in [-0.25, -0.2) is 12.8 Å². The van der Waals surface area contributed by atoms with Crippen LogP contribution < -0.4 is 19.1 Å². The van der Waals surface area contributed by atoms with Crippen molar-refractivity contribution in [2.24, 2.45) is 0 Å². The molecule has 0 unspecified atom stereocenters. The van der Waals surface area contributed by atoms with Gasteiger partial charge < -0.3 is 19.7 Å². The Hall–Kier alpha value is -4.12. The van der Waals surface area contributed by atoms with Crippen LogP contribution in [0, 0.1) is 19.7 Å². The minimum atomic E-state index is -4.33. The standard InChI is InChI=1S/C33H42FN3O6S/c1-8-24(5)35-33(39)29(9-2)36(20-25-10-12-26(34)13-11-25)32(38)21-37(27-17-22(3)16-23(4)18-27)44(40,41)28-14-15-30(42-6)31(19-28)43-7/h10-19,24,29H,8-9,20-21H2,1-7H3,(H,35,39)/t24-,29+/m0/s1. The van der Waals surface area contributed by atoms with E-state index >= 15 is 0 Å². The van der Waals surface area contributed by atoms with Gasteiger partial charge in [0.05, 0.1) is 24.8 Å². The summed E-state index contributed by atoms with van der Waals surface area (Å²) in [5.74, 6) is -0.813. The fourth-order valence-electron chi connectivity index (χ4n) is 4.87. The molecule has 0 radical (unpaired) electrons. The van der Waals surface area contributed by atoms with Gasteiger partial charge in [-0.05, 0) is 86.7 Å². The second kappa shape index (κ2) is 15.1. The Balaban J connectivity index is 2.13. The summed E-state index contributed by atoms with van der Waals surface area (Å²) in [6, 6.07) is 14.1. The lowest BCUT2D eigenvalue weighted by atomic mass is 10.1. The zero-order valence-electron chi connectivity index (χ0n) is 26.4. The van der Waals surface area contributed by atoms with Crippen molar-refractivity contribution in [2.45, 2.75) is 71.0 Å². The highest BCUT2D eigenvalue weighted by atomic mass is 32.2. The van der Waals surface area contributed by atoms with Crippen molar-refractivity contribution >= 4 is 27.5 Å². The predicted octanol–water partition coefficient (Wildman–Crippen LogP) is 5.38. The molecule has 0 bridgehead atoms. The first-order valence-corrected chi connectivity index (χ1v) is 16.0. The van der Waals surface area contributed by atoms with E-state index in [2.05, 4.69) is 5.32 Å². The minimum Gasteiger partial charge on any atom is -0.493 e. The second-order valence-corrected chi connectivity index (χ2v) is 12.6. The van der Waals surface area contributed by atoms with Crippen LogP contribution in [0.5, 0.6) is 11.5 Å². The molecule has 0 heterocycles. The lowest BCUT2D eigenvalue weighted by Crippen LogP contribution is -2.53. The molecule has 1 N–H and O–H groups in total. The smallest absolute Gasteiger partial charge is 0.264 e. The number of hydrogen-bond acceptors (Lipinski definition) is 6. The molecule has 0 aliphatic carbocycles. The van der Waals surface area contributed by atoms with Crippen LogP contribution in [0.4, 0.5) is 10.1 Å². The lowest BCUT2D eigenvalue weighted by molar-refractivity contribution is -0.140. The van der Waals surface area contributed by atoms with Crippen LogP contribution in [0.3, 0.4) is 0 Å². The van der Waals surface area contributed by atoms with Crippen LogP contribution in [0.15, 0.2) is 65.6 Å². The molecule has 3 aromatic carbocycles. The van der Waals surface area contributed by atoms with Crippen LogP contribution >= 0.6 is 0 Å². The summed E-state index contributed by atoms with van der Waals surface area (Å²) >= 11 is 0. The van der Waals surface area contributed by atoms with E-state index in [1.54, 1.807) is 19.1 Å². The number of nitrogens with one attached hydrogen (secondary N) is 1. The van der Waals surface area contributed by atoms with E-state index < -0.39 is 34.3 Å². The number of rotatable bonds is 14. The third kappa shape index (κ3) is 8.28. The number of carbonyl (C=O) groups is 2. The number of aryl methyl sites for hydroxylation is 2. The van der Waals surface area contributed by atoms with E-state index in [0.717, 1.165) is 15.4 Å².